The zero-order valence-electron chi connectivity index (χ0n) is 112. The van der Waals surface area contributed by atoms with Crippen molar-refractivity contribution in [2.75, 3.05) is 58.8 Å². The van der Waals surface area contributed by atoms with Crippen molar-refractivity contribution in [3.05, 3.63) is 322 Å². The molecule has 9 aromatic rings. The van der Waals surface area contributed by atoms with E-state index in [0.29, 0.717) is 62.5 Å². The minimum absolute atomic E-state index is 0.00682. The summed E-state index contributed by atoms with van der Waals surface area (Å²) in [5.41, 5.74) is 53.3. The second-order valence-electron chi connectivity index (χ2n) is 26.0. The number of nitrogens with one attached hydrogen (secondary N) is 18. The van der Waals surface area contributed by atoms with Gasteiger partial charge in [0.15, 0.2) is 53.6 Å². The Balaban J connectivity index is 0.000000962. The third kappa shape index (κ3) is 74.0. The molecule has 36 N–H and O–H groups in total. The van der Waals surface area contributed by atoms with Gasteiger partial charge in [-0.15, -0.1) is 0 Å². The lowest BCUT2D eigenvalue weighted by Crippen LogP contribution is -2.35. The van der Waals surface area contributed by atoms with Gasteiger partial charge in [0.1, 0.15) is 0 Å². The molecule has 0 aliphatic rings. The maximum absolute atomic E-state index is 7.89. The predicted octanol–water partition coefficient (Wildman–Crippen LogP) is 10.2. The molecule has 0 aliphatic heterocycles. The van der Waals surface area contributed by atoms with E-state index in [1.54, 1.807) is 6.07 Å². The van der Waals surface area contributed by atoms with Crippen molar-refractivity contribution in [1.82, 2.24) is 47.9 Å². The van der Waals surface area contributed by atoms with Crippen LogP contribution >= 0.6 is 0 Å². The lowest BCUT2D eigenvalue weighted by Gasteiger charge is -2.02. The molecular formula is C99H144N36. The lowest BCUT2D eigenvalue weighted by molar-refractivity contribution is 0.955. The number of amidine groups is 9. The van der Waals surface area contributed by atoms with Gasteiger partial charge in [0.25, 0.3) is 0 Å². The van der Waals surface area contributed by atoms with Crippen molar-refractivity contribution >= 4 is 106 Å². The molecule has 9 atom stereocenters. The summed E-state index contributed by atoms with van der Waals surface area (Å²) in [6, 6.07) is 27.4. The fourth-order valence-electron chi connectivity index (χ4n) is 8.28. The van der Waals surface area contributed by atoms with Crippen molar-refractivity contribution in [2.24, 2.45) is 96.5 Å². The van der Waals surface area contributed by atoms with E-state index in [0.717, 1.165) is 0 Å². The van der Waals surface area contributed by atoms with Gasteiger partial charge in [0.2, 0.25) is 0 Å². The minimum atomic E-state index is -2.23. The first-order valence-electron chi connectivity index (χ1n) is 58.6. The van der Waals surface area contributed by atoms with Crippen LogP contribution in [-0.4, -0.2) is 165 Å². The van der Waals surface area contributed by atoms with Crippen LogP contribution in [0.5, 0.6) is 0 Å². The average molecular weight is 1870 g/mol. The van der Waals surface area contributed by atoms with E-state index < -0.39 is 64.6 Å². The first-order chi connectivity index (χ1) is 79.2. The van der Waals surface area contributed by atoms with Gasteiger partial charge in [-0.1, -0.05) is 272 Å². The summed E-state index contributed by atoms with van der Waals surface area (Å²) in [6.45, 7) is 7.76. The highest BCUT2D eigenvalue weighted by Crippen LogP contribution is 2.07. The van der Waals surface area contributed by atoms with Crippen molar-refractivity contribution in [3.8, 4) is 0 Å². The Morgan fingerprint density at radius 2 is 0.452 bits per heavy atom. The molecule has 0 amide bonds. The number of hydrogen-bond acceptors (Lipinski definition) is 18. The Labute approximate surface area is 847 Å². The largest absolute Gasteiger partial charge is 0.370 e. The molecule has 0 aromatic heterocycles. The summed E-state index contributed by atoms with van der Waals surface area (Å²) >= 11 is 0. The lowest BCUT2D eigenvalue weighted by atomic mass is 10.2. The van der Waals surface area contributed by atoms with Crippen LogP contribution in [0.15, 0.2) is 317 Å². The van der Waals surface area contributed by atoms with E-state index in [1.807, 2.05) is 0 Å². The normalized spacial score (nSPS) is 17.1. The maximum Gasteiger partial charge on any atom is 0.194 e. The molecule has 9 aromatic carbocycles. The summed E-state index contributed by atoms with van der Waals surface area (Å²) in [5, 5.41) is 86.8. The minimum Gasteiger partial charge on any atom is -0.370 e. The first kappa shape index (κ1) is 68.5. The third-order valence-electron chi connectivity index (χ3n) is 13.6. The number of nitrogens with zero attached hydrogens (tertiary/aromatic N) is 9. The Morgan fingerprint density at radius 1 is 0.215 bits per heavy atom. The SMILES string of the molecule is [2H]c1cc(C([2H])CN=C(N)NC(C)=N)cc([2H])c1[2H].[2H]c1cc(CC([2H])N=C(N)NC(C)=N)cc([2H])c1[2H].[2H]c1cc([2H])c(C([2H])CN=C(N)NC(C)=N)cc1[2H].[2H]c1cc([2H])c(CC([2H])N=C(N)NC(C)=N)cc1[2H].[2H]c1cc([2H])c(CCN=C(N)NC(C)=N)c([2H])c1[2H].[2H]c1ccc(C([2H])C([2H])([2H])N=C(N)NC(C)=N)cc1.[2H]c1ccc(C([2H])C([2H])N=C(N)NC(C)=N)cc1[2H].[2H]c1ccc(C([2H])CN=C(N)NC(C)=N)c([2H])c1[2H].[2H]c1ccc(CC([2H])N=C(N)NC(C)=N)c([2H])c1[2H]. The molecule has 0 bridgehead atoms. The summed E-state index contributed by atoms with van der Waals surface area (Å²) in [7, 11) is 0. The number of aliphatic imine (C=N–C) groups is 9. The number of guanidine groups is 9. The van der Waals surface area contributed by atoms with E-state index in [2.05, 4.69) is 92.8 Å². The molecule has 0 fully saturated rings. The monoisotopic (exact) mass is 1870 g/mol. The summed E-state index contributed by atoms with van der Waals surface area (Å²) in [6.07, 6.45) is -3.95. The highest BCUT2D eigenvalue weighted by atomic mass is 15.2. The first-order valence-corrected chi connectivity index (χ1v) is 39.9. The molecule has 0 spiro atoms. The number of aryl methyl sites for hydroxylation is 5. The summed E-state index contributed by atoms with van der Waals surface area (Å²) in [5.74, 6) is 1.000. The number of benzene rings is 9. The average Bonchev–Trinajstić information content (AvgIpc) is 0.815. The van der Waals surface area contributed by atoms with Crippen molar-refractivity contribution in [1.29, 1.82) is 48.7 Å². The van der Waals surface area contributed by atoms with Crippen LogP contribution in [0, 0.1) is 48.7 Å². The molecule has 0 saturated carbocycles. The van der Waals surface area contributed by atoms with Gasteiger partial charge in [0, 0.05) is 65.6 Å². The van der Waals surface area contributed by atoms with E-state index in [9.17, 15) is 0 Å². The fourth-order valence-corrected chi connectivity index (χ4v) is 8.28. The smallest absolute Gasteiger partial charge is 0.194 e. The van der Waals surface area contributed by atoms with Crippen LogP contribution in [0.1, 0.15) is 162 Å². The van der Waals surface area contributed by atoms with Gasteiger partial charge in [0.05, 0.1) is 95.0 Å². The standard InChI is InChI=1S/9C11H16N4/c9*1-9(12)15-11(13)14-8-7-10-5-3-2-4-6-10/h9*2-6H,7-8H2,1H3,(H4,12,13,14,15)/i2D,3D,7D,8D;2D,3D,6D,8D;2D,3D,6D,7D;2D,3D,5D,8D;2D,3D,5D,7D;2D,3D,5D,6D;2D,3D,4D,8D;2D,3D,4D,7D;2D,7D,8D2. The van der Waals surface area contributed by atoms with Crippen LogP contribution in [0.25, 0.3) is 0 Å². The highest BCUT2D eigenvalue weighted by Gasteiger charge is 2.03. The molecule has 0 radical (unpaired) electrons. The molecule has 0 saturated heterocycles. The van der Waals surface area contributed by atoms with Gasteiger partial charge in [-0.3, -0.25) is 93.6 Å². The van der Waals surface area contributed by atoms with Gasteiger partial charge < -0.3 is 99.5 Å². The number of nitrogens with two attached hydrogens (primary N) is 9. The van der Waals surface area contributed by atoms with Gasteiger partial charge >= 0.3 is 0 Å². The van der Waals surface area contributed by atoms with Crippen LogP contribution in [0.2, 0.25) is 0 Å². The van der Waals surface area contributed by atoms with E-state index in [-0.39, 0.29) is 297 Å². The van der Waals surface area contributed by atoms with Crippen LogP contribution in [0.3, 0.4) is 0 Å². The summed E-state index contributed by atoms with van der Waals surface area (Å²) in [4.78, 5) is 34.5. The molecule has 9 unspecified atom stereocenters. The Hall–Kier alpha value is -16.6. The van der Waals surface area contributed by atoms with Crippen LogP contribution < -0.4 is 99.5 Å². The van der Waals surface area contributed by atoms with Gasteiger partial charge in [-0.05, 0) is 170 Å². The fraction of sp³-hybridized carbons (Fsp3) is 0.273. The van der Waals surface area contributed by atoms with E-state index in [4.69, 9.17) is 150 Å². The third-order valence-corrected chi connectivity index (χ3v) is 13.6. The van der Waals surface area contributed by atoms with E-state index in [1.165, 1.54) is 178 Å². The number of hydrogen-bond donors (Lipinski definition) is 27. The van der Waals surface area contributed by atoms with Crippen LogP contribution in [-0.2, 0) is 57.7 Å². The molecule has 9 rings (SSSR count). The molecule has 0 aliphatic carbocycles. The Bertz CT molecular complexity index is 7150. The quantitative estimate of drug-likeness (QED) is 0.0168. The zero-order valence-corrected chi connectivity index (χ0v) is 76.1. The second kappa shape index (κ2) is 75.3. The summed E-state index contributed by atoms with van der Waals surface area (Å²) < 4.78 is 274. The van der Waals surface area contributed by atoms with Gasteiger partial charge in [-0.2, -0.15) is 0 Å². The highest BCUT2D eigenvalue weighted by molar-refractivity contribution is 6.00. The molecule has 720 valence electrons. The molecule has 36 heteroatoms. The predicted molar refractivity (Wildman–Crippen MR) is 569 cm³/mol. The van der Waals surface area contributed by atoms with E-state index >= 15 is 0 Å². The zero-order chi connectivity index (χ0) is 131. The maximum atomic E-state index is 7.89. The molecular weight excluding hydrogens is 1690 g/mol. The Morgan fingerprint density at radius 3 is 0.859 bits per heavy atom. The Kier molecular flexibility index (Phi) is 38.2. The van der Waals surface area contributed by atoms with Crippen molar-refractivity contribution in [2.45, 2.75) is 120 Å². The second-order valence-corrected chi connectivity index (χ2v) is 26.0. The van der Waals surface area contributed by atoms with Crippen molar-refractivity contribution in [3.63, 3.8) is 0 Å². The van der Waals surface area contributed by atoms with Crippen LogP contribution in [0.4, 0.5) is 0 Å². The molecule has 0 heterocycles. The van der Waals surface area contributed by atoms with Gasteiger partial charge in [-0.25, -0.2) is 0 Å². The topological polar surface area (TPSA) is 668 Å². The van der Waals surface area contributed by atoms with Crippen molar-refractivity contribution < 1.29 is 49.3 Å². The molecule has 135 heavy (non-hydrogen) atoms. The molecule has 36 nitrogen and oxygen atoms in total. The number of rotatable bonds is 27.